The summed E-state index contributed by atoms with van der Waals surface area (Å²) < 4.78 is 1.92. The molecule has 1 spiro atoms. The SMILES string of the molecule is CCc1nc2sc(N3CC4(CCN(CC(=O)N5CC(O)C5)C4)C3)nn2c1N(C)c1nc(-c2ccc(C)cc2)c(C#N)s1. The molecule has 0 atom stereocenters. The molecular weight excluding hydrogens is 571 g/mol. The summed E-state index contributed by atoms with van der Waals surface area (Å²) in [5.41, 5.74) is 3.93. The van der Waals surface area contributed by atoms with Gasteiger partial charge in [-0.15, -0.1) is 5.10 Å². The first-order chi connectivity index (χ1) is 20.3. The number of aromatic nitrogens is 4. The van der Waals surface area contributed by atoms with Crippen molar-refractivity contribution in [3.8, 4) is 17.3 Å². The van der Waals surface area contributed by atoms with Gasteiger partial charge in [-0.05, 0) is 26.3 Å². The van der Waals surface area contributed by atoms with Gasteiger partial charge >= 0.3 is 0 Å². The normalized spacial score (nSPS) is 18.5. The molecule has 0 aliphatic carbocycles. The fourth-order valence-corrected chi connectivity index (χ4v) is 8.03. The number of rotatable bonds is 7. The molecule has 1 aromatic carbocycles. The fraction of sp³-hybridized carbons (Fsp3) is 0.483. The van der Waals surface area contributed by atoms with E-state index in [4.69, 9.17) is 15.1 Å². The highest BCUT2D eigenvalue weighted by molar-refractivity contribution is 7.20. The van der Waals surface area contributed by atoms with E-state index in [1.807, 2.05) is 47.7 Å². The molecule has 13 heteroatoms. The smallest absolute Gasteiger partial charge is 0.236 e. The average molecular weight is 604 g/mol. The largest absolute Gasteiger partial charge is 0.389 e. The lowest BCUT2D eigenvalue weighted by Crippen LogP contribution is -2.58. The number of fused-ring (bicyclic) bond motifs is 1. The van der Waals surface area contributed by atoms with Crippen LogP contribution in [0.15, 0.2) is 24.3 Å². The third-order valence-electron chi connectivity index (χ3n) is 8.63. The number of aliphatic hydroxyl groups is 1. The number of hydrogen-bond donors (Lipinski definition) is 1. The van der Waals surface area contributed by atoms with Crippen molar-refractivity contribution < 1.29 is 9.90 Å². The average Bonchev–Trinajstić information content (AvgIpc) is 3.71. The second-order valence-electron chi connectivity index (χ2n) is 11.8. The van der Waals surface area contributed by atoms with Crippen molar-refractivity contribution >= 4 is 49.6 Å². The van der Waals surface area contributed by atoms with Gasteiger partial charge in [0.2, 0.25) is 16.0 Å². The van der Waals surface area contributed by atoms with Gasteiger partial charge in [0.25, 0.3) is 0 Å². The van der Waals surface area contributed by atoms with Gasteiger partial charge in [0.15, 0.2) is 10.9 Å². The van der Waals surface area contributed by atoms with Gasteiger partial charge in [-0.1, -0.05) is 59.4 Å². The number of β-amino-alcohol motifs (C(OH)–C–C–N with tert-alkyl or cyclic N) is 1. The van der Waals surface area contributed by atoms with Crippen LogP contribution in [0, 0.1) is 23.7 Å². The summed E-state index contributed by atoms with van der Waals surface area (Å²) in [6.07, 6.45) is 1.47. The first kappa shape index (κ1) is 27.3. The summed E-state index contributed by atoms with van der Waals surface area (Å²) in [6.45, 7) is 9.17. The van der Waals surface area contributed by atoms with Crippen LogP contribution in [0.25, 0.3) is 16.2 Å². The molecule has 3 fully saturated rings. The van der Waals surface area contributed by atoms with E-state index in [1.54, 1.807) is 16.2 Å². The number of aliphatic hydroxyl groups excluding tert-OH is 1. The van der Waals surface area contributed by atoms with Crippen LogP contribution in [0.5, 0.6) is 0 Å². The third-order valence-corrected chi connectivity index (χ3v) is 10.6. The predicted octanol–water partition coefficient (Wildman–Crippen LogP) is 3.14. The summed E-state index contributed by atoms with van der Waals surface area (Å²) in [5, 5.41) is 26.0. The Bertz CT molecular complexity index is 1690. The summed E-state index contributed by atoms with van der Waals surface area (Å²) in [7, 11) is 1.97. The van der Waals surface area contributed by atoms with E-state index >= 15 is 0 Å². The number of nitrogens with zero attached hydrogens (tertiary/aromatic N) is 9. The number of imidazole rings is 1. The molecule has 3 saturated heterocycles. The number of likely N-dealkylation sites (tertiary alicyclic amines) is 2. The van der Waals surface area contributed by atoms with E-state index in [1.165, 1.54) is 11.3 Å². The number of benzene rings is 1. The first-order valence-electron chi connectivity index (χ1n) is 14.3. The molecule has 11 nitrogen and oxygen atoms in total. The molecule has 1 N–H and O–H groups in total. The molecule has 3 aliphatic rings. The maximum Gasteiger partial charge on any atom is 0.236 e. The number of amides is 1. The zero-order valence-electron chi connectivity index (χ0n) is 23.9. The Morgan fingerprint density at radius 1 is 1.19 bits per heavy atom. The number of carbonyl (C=O) groups excluding carboxylic acids is 1. The summed E-state index contributed by atoms with van der Waals surface area (Å²) in [5.74, 6) is 0.992. The Hall–Kier alpha value is -3.57. The van der Waals surface area contributed by atoms with Crippen LogP contribution in [0.4, 0.5) is 16.1 Å². The quantitative estimate of drug-likeness (QED) is 0.340. The number of thiazole rings is 1. The minimum atomic E-state index is -0.361. The maximum atomic E-state index is 12.5. The van der Waals surface area contributed by atoms with Crippen LogP contribution >= 0.6 is 22.7 Å². The Kier molecular flexibility index (Phi) is 6.69. The van der Waals surface area contributed by atoms with E-state index in [0.29, 0.717) is 30.2 Å². The molecule has 3 aromatic heterocycles. The van der Waals surface area contributed by atoms with E-state index in [9.17, 15) is 15.2 Å². The molecule has 0 bridgehead atoms. The standard InChI is InChI=1S/C29H33N9O2S2/c1-4-21-25(34(3)26-32-24(22(11-30)41-26)19-7-5-18(2)6-8-19)38-27(31-21)42-28(33-38)37-16-29(17-37)9-10-35(15-29)14-23(40)36-12-20(39)13-36/h5-8,20,39H,4,9-10,12-17H2,1-3H3. The lowest BCUT2D eigenvalue weighted by molar-refractivity contribution is -0.142. The number of aryl methyl sites for hydroxylation is 2. The van der Waals surface area contributed by atoms with E-state index in [2.05, 4.69) is 22.8 Å². The van der Waals surface area contributed by atoms with Gasteiger partial charge in [0, 0.05) is 50.7 Å². The van der Waals surface area contributed by atoms with Crippen molar-refractivity contribution in [2.24, 2.45) is 5.41 Å². The van der Waals surface area contributed by atoms with E-state index < -0.39 is 0 Å². The number of carbonyl (C=O) groups is 1. The highest BCUT2D eigenvalue weighted by Gasteiger charge is 2.49. The molecule has 0 radical (unpaired) electrons. The summed E-state index contributed by atoms with van der Waals surface area (Å²) >= 11 is 2.98. The molecule has 0 unspecified atom stereocenters. The molecule has 4 aromatic rings. The molecule has 1 amide bonds. The highest BCUT2D eigenvalue weighted by Crippen LogP contribution is 2.44. The fourth-order valence-electron chi connectivity index (χ4n) is 6.27. The van der Waals surface area contributed by atoms with Gasteiger partial charge in [-0.2, -0.15) is 9.78 Å². The highest BCUT2D eigenvalue weighted by atomic mass is 32.1. The van der Waals surface area contributed by atoms with Crippen molar-refractivity contribution in [3.63, 3.8) is 0 Å². The van der Waals surface area contributed by atoms with Crippen LogP contribution in [0.1, 0.15) is 29.5 Å². The molecule has 3 aliphatic heterocycles. The van der Waals surface area contributed by atoms with Gasteiger partial charge in [-0.25, -0.2) is 9.97 Å². The van der Waals surface area contributed by atoms with Crippen molar-refractivity contribution in [2.75, 3.05) is 62.7 Å². The number of nitriles is 1. The van der Waals surface area contributed by atoms with Gasteiger partial charge in [-0.3, -0.25) is 9.69 Å². The van der Waals surface area contributed by atoms with Gasteiger partial charge < -0.3 is 19.8 Å². The first-order valence-corrected chi connectivity index (χ1v) is 15.9. The zero-order valence-corrected chi connectivity index (χ0v) is 25.6. The molecule has 7 rings (SSSR count). The Labute approximate surface area is 252 Å². The van der Waals surface area contributed by atoms with Crippen LogP contribution in [0.2, 0.25) is 0 Å². The zero-order chi connectivity index (χ0) is 29.2. The minimum absolute atomic E-state index is 0.117. The van der Waals surface area contributed by atoms with Crippen LogP contribution in [0.3, 0.4) is 0 Å². The topological polar surface area (TPSA) is 117 Å². The summed E-state index contributed by atoms with van der Waals surface area (Å²) in [4.78, 5) is 32.0. The Morgan fingerprint density at radius 2 is 1.95 bits per heavy atom. The molecular formula is C29H33N9O2S2. The molecule has 42 heavy (non-hydrogen) atoms. The number of anilines is 3. The van der Waals surface area contributed by atoms with Gasteiger partial charge in [0.05, 0.1) is 18.3 Å². The Balaban J connectivity index is 1.08. The molecule has 0 saturated carbocycles. The third kappa shape index (κ3) is 4.63. The summed E-state index contributed by atoms with van der Waals surface area (Å²) in [6, 6.07) is 10.4. The lowest BCUT2D eigenvalue weighted by atomic mass is 9.79. The van der Waals surface area contributed by atoms with Crippen LogP contribution < -0.4 is 9.80 Å². The predicted molar refractivity (Wildman–Crippen MR) is 164 cm³/mol. The van der Waals surface area contributed by atoms with Crippen molar-refractivity contribution in [3.05, 3.63) is 40.4 Å². The van der Waals surface area contributed by atoms with E-state index in [-0.39, 0.29) is 17.4 Å². The minimum Gasteiger partial charge on any atom is -0.389 e. The van der Waals surface area contributed by atoms with Gasteiger partial charge in [0.1, 0.15) is 16.6 Å². The molecule has 6 heterocycles. The second kappa shape index (κ2) is 10.3. The van der Waals surface area contributed by atoms with Crippen LogP contribution in [-0.2, 0) is 11.2 Å². The lowest BCUT2D eigenvalue weighted by Gasteiger charge is -2.48. The van der Waals surface area contributed by atoms with Crippen LogP contribution in [-0.4, -0.2) is 99.4 Å². The molecule has 218 valence electrons. The maximum absolute atomic E-state index is 12.5. The Morgan fingerprint density at radius 3 is 2.64 bits per heavy atom. The second-order valence-corrected chi connectivity index (χ2v) is 13.7. The van der Waals surface area contributed by atoms with Crippen molar-refractivity contribution in [2.45, 2.75) is 32.8 Å². The number of hydrogen-bond acceptors (Lipinski definition) is 11. The van der Waals surface area contributed by atoms with E-state index in [0.717, 1.165) is 76.9 Å². The van der Waals surface area contributed by atoms with Crippen molar-refractivity contribution in [1.29, 1.82) is 5.26 Å². The monoisotopic (exact) mass is 603 g/mol. The van der Waals surface area contributed by atoms with Crippen molar-refractivity contribution in [1.82, 2.24) is 29.4 Å².